The second-order valence-electron chi connectivity index (χ2n) is 4.20. The fraction of sp³-hybridized carbons (Fsp3) is 0.400. The number of hydrogen-bond donors (Lipinski definition) is 0. The van der Waals surface area contributed by atoms with Gasteiger partial charge in [-0.1, -0.05) is 12.2 Å². The zero-order valence-corrected chi connectivity index (χ0v) is 11.8. The normalized spacial score (nSPS) is 10.8. The first-order valence-electron chi connectivity index (χ1n) is 6.21. The van der Waals surface area contributed by atoms with Crippen LogP contribution in [0.1, 0.15) is 31.1 Å². The first-order chi connectivity index (χ1) is 9.08. The number of carbonyl (C=O) groups is 1. The number of esters is 1. The van der Waals surface area contributed by atoms with E-state index in [4.69, 9.17) is 14.2 Å². The molecule has 0 unspecified atom stereocenters. The van der Waals surface area contributed by atoms with Crippen LogP contribution < -0.4 is 9.47 Å². The number of rotatable bonds is 6. The van der Waals surface area contributed by atoms with Crippen molar-refractivity contribution in [3.8, 4) is 11.5 Å². The van der Waals surface area contributed by atoms with E-state index < -0.39 is 0 Å². The highest BCUT2D eigenvalue weighted by Gasteiger charge is 2.12. The Bertz CT molecular complexity index is 449. The summed E-state index contributed by atoms with van der Waals surface area (Å²) in [5.41, 5.74) is 0.442. The Balaban J connectivity index is 2.83. The van der Waals surface area contributed by atoms with Gasteiger partial charge in [0, 0.05) is 0 Å². The van der Waals surface area contributed by atoms with E-state index >= 15 is 0 Å². The zero-order valence-electron chi connectivity index (χ0n) is 11.8. The maximum atomic E-state index is 11.8. The highest BCUT2D eigenvalue weighted by molar-refractivity contribution is 5.90. The molecule has 0 radical (unpaired) electrons. The van der Waals surface area contributed by atoms with Crippen LogP contribution in [-0.2, 0) is 4.74 Å². The summed E-state index contributed by atoms with van der Waals surface area (Å²) in [6, 6.07) is 5.00. The third kappa shape index (κ3) is 4.66. The molecule has 0 atom stereocenters. The monoisotopic (exact) mass is 264 g/mol. The van der Waals surface area contributed by atoms with Crippen LogP contribution in [0.5, 0.6) is 11.5 Å². The fourth-order valence-electron chi connectivity index (χ4n) is 1.45. The molecule has 0 heterocycles. The molecule has 0 saturated heterocycles. The lowest BCUT2D eigenvalue weighted by Crippen LogP contribution is -2.09. The van der Waals surface area contributed by atoms with Gasteiger partial charge < -0.3 is 14.2 Å². The Morgan fingerprint density at radius 2 is 2.05 bits per heavy atom. The first kappa shape index (κ1) is 15.1. The molecule has 0 amide bonds. The number of hydrogen-bond acceptors (Lipinski definition) is 4. The third-order valence-corrected chi connectivity index (χ3v) is 2.31. The van der Waals surface area contributed by atoms with Gasteiger partial charge in [-0.05, 0) is 39.0 Å². The molecule has 19 heavy (non-hydrogen) atoms. The lowest BCUT2D eigenvalue weighted by atomic mass is 10.2. The fourth-order valence-corrected chi connectivity index (χ4v) is 1.45. The maximum absolute atomic E-state index is 11.8. The van der Waals surface area contributed by atoms with Crippen molar-refractivity contribution in [3.05, 3.63) is 35.9 Å². The first-order valence-corrected chi connectivity index (χ1v) is 6.21. The predicted octanol–water partition coefficient (Wildman–Crippen LogP) is 3.22. The van der Waals surface area contributed by atoms with Crippen molar-refractivity contribution in [2.75, 3.05) is 13.7 Å². The second-order valence-corrected chi connectivity index (χ2v) is 4.20. The molecular formula is C15H20O4. The van der Waals surface area contributed by atoms with E-state index in [1.54, 1.807) is 24.3 Å². The molecular weight excluding hydrogens is 244 g/mol. The van der Waals surface area contributed by atoms with Crippen LogP contribution in [0.15, 0.2) is 30.4 Å². The average Bonchev–Trinajstić information content (AvgIpc) is 2.38. The number of benzene rings is 1. The molecule has 104 valence electrons. The van der Waals surface area contributed by atoms with E-state index in [1.807, 2.05) is 26.8 Å². The summed E-state index contributed by atoms with van der Waals surface area (Å²) in [5.74, 6) is 0.754. The smallest absolute Gasteiger partial charge is 0.338 e. The van der Waals surface area contributed by atoms with Crippen molar-refractivity contribution in [2.45, 2.75) is 26.9 Å². The van der Waals surface area contributed by atoms with Gasteiger partial charge in [0.1, 0.15) is 6.61 Å². The topological polar surface area (TPSA) is 44.8 Å². The zero-order chi connectivity index (χ0) is 14.3. The summed E-state index contributed by atoms with van der Waals surface area (Å²) in [6.07, 6.45) is 3.64. The Labute approximate surface area is 114 Å². The highest BCUT2D eigenvalue weighted by atomic mass is 16.5. The van der Waals surface area contributed by atoms with Crippen LogP contribution in [0, 0.1) is 0 Å². The molecule has 0 N–H and O–H groups in total. The van der Waals surface area contributed by atoms with Crippen molar-refractivity contribution in [2.24, 2.45) is 0 Å². The molecule has 0 spiro atoms. The summed E-state index contributed by atoms with van der Waals surface area (Å²) in [7, 11) is 1.54. The molecule has 0 aliphatic heterocycles. The van der Waals surface area contributed by atoms with E-state index in [1.165, 1.54) is 7.11 Å². The van der Waals surface area contributed by atoms with E-state index in [2.05, 4.69) is 0 Å². The molecule has 4 heteroatoms. The SMILES string of the molecule is C/C=C/COC(=O)c1ccc(OC(C)C)c(OC)c1. The van der Waals surface area contributed by atoms with E-state index in [0.717, 1.165) is 0 Å². The maximum Gasteiger partial charge on any atom is 0.338 e. The molecule has 0 aliphatic rings. The number of ether oxygens (including phenoxy) is 3. The quantitative estimate of drug-likeness (QED) is 0.584. The van der Waals surface area contributed by atoms with Gasteiger partial charge in [-0.15, -0.1) is 0 Å². The third-order valence-electron chi connectivity index (χ3n) is 2.31. The van der Waals surface area contributed by atoms with Gasteiger partial charge in [0.25, 0.3) is 0 Å². The second kappa shape index (κ2) is 7.46. The van der Waals surface area contributed by atoms with Crippen LogP contribution in [0.2, 0.25) is 0 Å². The van der Waals surface area contributed by atoms with Gasteiger partial charge in [-0.3, -0.25) is 0 Å². The number of carbonyl (C=O) groups excluding carboxylic acids is 1. The molecule has 1 aromatic carbocycles. The Kier molecular flexibility index (Phi) is 5.93. The average molecular weight is 264 g/mol. The number of allylic oxidation sites excluding steroid dienone is 1. The Morgan fingerprint density at radius 1 is 1.32 bits per heavy atom. The molecule has 0 saturated carbocycles. The van der Waals surface area contributed by atoms with Crippen LogP contribution >= 0.6 is 0 Å². The van der Waals surface area contributed by atoms with Crippen molar-refractivity contribution in [1.29, 1.82) is 0 Å². The van der Waals surface area contributed by atoms with Gasteiger partial charge in [0.2, 0.25) is 0 Å². The minimum absolute atomic E-state index is 0.0430. The van der Waals surface area contributed by atoms with Gasteiger partial charge in [0.15, 0.2) is 11.5 Å². The lowest BCUT2D eigenvalue weighted by Gasteiger charge is -2.14. The molecule has 1 aromatic rings. The summed E-state index contributed by atoms with van der Waals surface area (Å²) in [4.78, 5) is 11.8. The summed E-state index contributed by atoms with van der Waals surface area (Å²) in [6.45, 7) is 5.99. The number of methoxy groups -OCH3 is 1. The van der Waals surface area contributed by atoms with Crippen molar-refractivity contribution < 1.29 is 19.0 Å². The molecule has 0 fully saturated rings. The van der Waals surface area contributed by atoms with Gasteiger partial charge >= 0.3 is 5.97 Å². The van der Waals surface area contributed by atoms with Gasteiger partial charge in [-0.25, -0.2) is 4.79 Å². The van der Waals surface area contributed by atoms with Gasteiger partial charge in [0.05, 0.1) is 18.8 Å². The van der Waals surface area contributed by atoms with Crippen molar-refractivity contribution >= 4 is 5.97 Å². The van der Waals surface area contributed by atoms with Crippen molar-refractivity contribution in [1.82, 2.24) is 0 Å². The van der Waals surface area contributed by atoms with Crippen LogP contribution in [0.3, 0.4) is 0 Å². The van der Waals surface area contributed by atoms with Gasteiger partial charge in [-0.2, -0.15) is 0 Å². The summed E-state index contributed by atoms with van der Waals surface area (Å²) >= 11 is 0. The van der Waals surface area contributed by atoms with Crippen LogP contribution in [-0.4, -0.2) is 25.8 Å². The molecule has 1 rings (SSSR count). The van der Waals surface area contributed by atoms with Crippen molar-refractivity contribution in [3.63, 3.8) is 0 Å². The van der Waals surface area contributed by atoms with Crippen LogP contribution in [0.4, 0.5) is 0 Å². The van der Waals surface area contributed by atoms with Crippen LogP contribution in [0.25, 0.3) is 0 Å². The standard InChI is InChI=1S/C15H20O4/c1-5-6-9-18-15(16)12-7-8-13(19-11(2)3)14(10-12)17-4/h5-8,10-11H,9H2,1-4H3/b6-5+. The summed E-state index contributed by atoms with van der Waals surface area (Å²) < 4.78 is 15.9. The van der Waals surface area contributed by atoms with E-state index in [0.29, 0.717) is 17.1 Å². The molecule has 0 aliphatic carbocycles. The Morgan fingerprint density at radius 3 is 2.63 bits per heavy atom. The minimum atomic E-state index is -0.382. The lowest BCUT2D eigenvalue weighted by molar-refractivity contribution is 0.0549. The highest BCUT2D eigenvalue weighted by Crippen LogP contribution is 2.29. The predicted molar refractivity (Wildman–Crippen MR) is 73.9 cm³/mol. The van der Waals surface area contributed by atoms with E-state index in [-0.39, 0.29) is 18.7 Å². The summed E-state index contributed by atoms with van der Waals surface area (Å²) in [5, 5.41) is 0. The largest absolute Gasteiger partial charge is 0.493 e. The molecule has 0 aromatic heterocycles. The molecule has 4 nitrogen and oxygen atoms in total. The Hall–Kier alpha value is -1.97. The van der Waals surface area contributed by atoms with E-state index in [9.17, 15) is 4.79 Å². The molecule has 0 bridgehead atoms. The minimum Gasteiger partial charge on any atom is -0.493 e.